The molecular formula is C14H20FN3O3. The lowest BCUT2D eigenvalue weighted by Gasteiger charge is -2.23. The summed E-state index contributed by atoms with van der Waals surface area (Å²) in [5.41, 5.74) is 0.0607. The maximum Gasteiger partial charge on any atom is 0.274 e. The van der Waals surface area contributed by atoms with Crippen molar-refractivity contribution in [3.63, 3.8) is 0 Å². The number of nitrogens with one attached hydrogen (secondary N) is 1. The van der Waals surface area contributed by atoms with Crippen LogP contribution in [-0.4, -0.2) is 34.9 Å². The summed E-state index contributed by atoms with van der Waals surface area (Å²) in [4.78, 5) is 24.1. The molecule has 1 atom stereocenters. The molecule has 0 aliphatic carbocycles. The molecule has 1 N–H and O–H groups in total. The first-order valence-corrected chi connectivity index (χ1v) is 6.85. The Morgan fingerprint density at radius 1 is 1.43 bits per heavy atom. The van der Waals surface area contributed by atoms with E-state index < -0.39 is 16.8 Å². The van der Waals surface area contributed by atoms with E-state index in [1.54, 1.807) is 11.8 Å². The van der Waals surface area contributed by atoms with E-state index in [2.05, 4.69) is 5.32 Å². The second-order valence-electron chi connectivity index (χ2n) is 4.64. The Morgan fingerprint density at radius 3 is 2.57 bits per heavy atom. The van der Waals surface area contributed by atoms with Gasteiger partial charge in [0, 0.05) is 31.3 Å². The zero-order valence-corrected chi connectivity index (χ0v) is 12.4. The molecule has 0 spiro atoms. The van der Waals surface area contributed by atoms with Crippen molar-refractivity contribution in [3.8, 4) is 0 Å². The van der Waals surface area contributed by atoms with Gasteiger partial charge in [-0.25, -0.2) is 4.39 Å². The molecule has 1 unspecified atom stereocenters. The summed E-state index contributed by atoms with van der Waals surface area (Å²) in [5.74, 6) is -0.626. The van der Waals surface area contributed by atoms with E-state index >= 15 is 0 Å². The Kier molecular flexibility index (Phi) is 6.23. The van der Waals surface area contributed by atoms with Crippen LogP contribution < -0.4 is 5.32 Å². The van der Waals surface area contributed by atoms with Crippen molar-refractivity contribution < 1.29 is 14.1 Å². The van der Waals surface area contributed by atoms with E-state index in [9.17, 15) is 19.3 Å². The third kappa shape index (κ3) is 4.49. The predicted octanol–water partition coefficient (Wildman–Crippen LogP) is 2.08. The fourth-order valence-corrected chi connectivity index (χ4v) is 2.03. The molecule has 0 saturated heterocycles. The van der Waals surface area contributed by atoms with Gasteiger partial charge in [-0.05, 0) is 32.9 Å². The third-order valence-corrected chi connectivity index (χ3v) is 3.28. The monoisotopic (exact) mass is 297 g/mol. The van der Waals surface area contributed by atoms with E-state index in [1.807, 2.05) is 13.8 Å². The molecule has 1 rings (SSSR count). The number of nitrogens with zero attached hydrogens (tertiary/aromatic N) is 2. The fraction of sp³-hybridized carbons (Fsp3) is 0.500. The molecule has 1 aromatic rings. The fourth-order valence-electron chi connectivity index (χ4n) is 2.03. The molecule has 0 aromatic heterocycles. The van der Waals surface area contributed by atoms with Crippen LogP contribution in [0.3, 0.4) is 0 Å². The molecule has 0 bridgehead atoms. The average molecular weight is 297 g/mol. The first kappa shape index (κ1) is 17.0. The van der Waals surface area contributed by atoms with Gasteiger partial charge < -0.3 is 10.2 Å². The molecule has 1 aromatic carbocycles. The van der Waals surface area contributed by atoms with Gasteiger partial charge in [0.1, 0.15) is 5.82 Å². The molecule has 0 aliphatic heterocycles. The molecular weight excluding hydrogens is 277 g/mol. The normalized spacial score (nSPS) is 12.0. The first-order valence-electron chi connectivity index (χ1n) is 6.85. The van der Waals surface area contributed by atoms with Crippen molar-refractivity contribution in [2.75, 3.05) is 13.1 Å². The number of carbonyl (C=O) groups excluding carboxylic acids is 1. The zero-order valence-electron chi connectivity index (χ0n) is 12.4. The standard InChI is InChI=1S/C14H20FN3O3/c1-4-17(5-2)14(19)10(3)16-9-11-8-12(15)6-7-13(11)18(20)21/h6-8,10,16H,4-5,9H2,1-3H3. The van der Waals surface area contributed by atoms with E-state index in [0.717, 1.165) is 18.2 Å². The second-order valence-corrected chi connectivity index (χ2v) is 4.64. The molecule has 1 amide bonds. The molecule has 0 fully saturated rings. The van der Waals surface area contributed by atoms with Crippen LogP contribution in [0, 0.1) is 15.9 Å². The maximum absolute atomic E-state index is 13.2. The van der Waals surface area contributed by atoms with Gasteiger partial charge in [0.15, 0.2) is 0 Å². The number of amides is 1. The van der Waals surface area contributed by atoms with Crippen LogP contribution in [0.5, 0.6) is 0 Å². The third-order valence-electron chi connectivity index (χ3n) is 3.28. The molecule has 7 heteroatoms. The average Bonchev–Trinajstić information content (AvgIpc) is 2.45. The summed E-state index contributed by atoms with van der Waals surface area (Å²) in [6, 6.07) is 2.79. The minimum absolute atomic E-state index is 0.0578. The Bertz CT molecular complexity index is 518. The van der Waals surface area contributed by atoms with Crippen LogP contribution in [0.2, 0.25) is 0 Å². The van der Waals surface area contributed by atoms with Crippen LogP contribution in [0.4, 0.5) is 10.1 Å². The first-order chi connectivity index (χ1) is 9.90. The lowest BCUT2D eigenvalue weighted by atomic mass is 10.1. The number of carbonyl (C=O) groups is 1. The SMILES string of the molecule is CCN(CC)C(=O)C(C)NCc1cc(F)ccc1[N+](=O)[O-]. The minimum atomic E-state index is -0.562. The van der Waals surface area contributed by atoms with Crippen LogP contribution in [-0.2, 0) is 11.3 Å². The maximum atomic E-state index is 13.2. The van der Waals surface area contributed by atoms with Crippen molar-refractivity contribution in [3.05, 3.63) is 39.7 Å². The quantitative estimate of drug-likeness (QED) is 0.617. The Hall–Kier alpha value is -2.02. The van der Waals surface area contributed by atoms with Gasteiger partial charge >= 0.3 is 0 Å². The number of nitro benzene ring substituents is 1. The van der Waals surface area contributed by atoms with E-state index in [1.165, 1.54) is 0 Å². The van der Waals surface area contributed by atoms with Crippen molar-refractivity contribution >= 4 is 11.6 Å². The van der Waals surface area contributed by atoms with E-state index in [-0.39, 0.29) is 23.7 Å². The van der Waals surface area contributed by atoms with Gasteiger partial charge in [0.2, 0.25) is 5.91 Å². The summed E-state index contributed by atoms with van der Waals surface area (Å²) in [5, 5.41) is 13.8. The Morgan fingerprint density at radius 2 is 2.05 bits per heavy atom. The topological polar surface area (TPSA) is 75.5 Å². The van der Waals surface area contributed by atoms with Crippen LogP contribution in [0.1, 0.15) is 26.3 Å². The molecule has 6 nitrogen and oxygen atoms in total. The highest BCUT2D eigenvalue weighted by Crippen LogP contribution is 2.19. The number of hydrogen-bond donors (Lipinski definition) is 1. The Labute approximate surface area is 123 Å². The lowest BCUT2D eigenvalue weighted by molar-refractivity contribution is -0.385. The van der Waals surface area contributed by atoms with Crippen molar-refractivity contribution in [2.24, 2.45) is 0 Å². The largest absolute Gasteiger partial charge is 0.342 e. The lowest BCUT2D eigenvalue weighted by Crippen LogP contribution is -2.44. The van der Waals surface area contributed by atoms with Crippen molar-refractivity contribution in [1.82, 2.24) is 10.2 Å². The van der Waals surface area contributed by atoms with Crippen molar-refractivity contribution in [1.29, 1.82) is 0 Å². The van der Waals surface area contributed by atoms with Crippen LogP contribution in [0.25, 0.3) is 0 Å². The number of benzene rings is 1. The van der Waals surface area contributed by atoms with Crippen LogP contribution in [0.15, 0.2) is 18.2 Å². The molecule has 0 radical (unpaired) electrons. The summed E-state index contributed by atoms with van der Waals surface area (Å²) in [6.07, 6.45) is 0. The minimum Gasteiger partial charge on any atom is -0.342 e. The van der Waals surface area contributed by atoms with Gasteiger partial charge in [0.05, 0.1) is 11.0 Å². The molecule has 0 aliphatic rings. The summed E-state index contributed by atoms with van der Waals surface area (Å²) in [7, 11) is 0. The van der Waals surface area contributed by atoms with E-state index in [0.29, 0.717) is 13.1 Å². The summed E-state index contributed by atoms with van der Waals surface area (Å²) >= 11 is 0. The van der Waals surface area contributed by atoms with Gasteiger partial charge in [-0.1, -0.05) is 0 Å². The number of halogens is 1. The Balaban J connectivity index is 2.77. The van der Waals surface area contributed by atoms with E-state index in [4.69, 9.17) is 0 Å². The molecule has 0 saturated carbocycles. The highest BCUT2D eigenvalue weighted by molar-refractivity contribution is 5.81. The van der Waals surface area contributed by atoms with Crippen molar-refractivity contribution in [2.45, 2.75) is 33.4 Å². The van der Waals surface area contributed by atoms with Crippen LogP contribution >= 0.6 is 0 Å². The summed E-state index contributed by atoms with van der Waals surface area (Å²) < 4.78 is 13.2. The van der Waals surface area contributed by atoms with Gasteiger partial charge in [0.25, 0.3) is 5.69 Å². The smallest absolute Gasteiger partial charge is 0.274 e. The molecule has 21 heavy (non-hydrogen) atoms. The van der Waals surface area contributed by atoms with Gasteiger partial charge in [-0.15, -0.1) is 0 Å². The molecule has 116 valence electrons. The highest BCUT2D eigenvalue weighted by atomic mass is 19.1. The van der Waals surface area contributed by atoms with Gasteiger partial charge in [-0.3, -0.25) is 14.9 Å². The predicted molar refractivity (Wildman–Crippen MR) is 77.3 cm³/mol. The zero-order chi connectivity index (χ0) is 16.0. The molecule has 0 heterocycles. The number of likely N-dealkylation sites (N-methyl/N-ethyl adjacent to an activating group) is 1. The number of nitro groups is 1. The number of hydrogen-bond acceptors (Lipinski definition) is 4. The summed E-state index contributed by atoms with van der Waals surface area (Å²) in [6.45, 7) is 6.70. The highest BCUT2D eigenvalue weighted by Gasteiger charge is 2.20. The second kappa shape index (κ2) is 7.68. The number of rotatable bonds is 7. The van der Waals surface area contributed by atoms with Gasteiger partial charge in [-0.2, -0.15) is 0 Å².